The molecule has 2 rings (SSSR count). The van der Waals surface area contributed by atoms with E-state index in [-0.39, 0.29) is 6.23 Å². The van der Waals surface area contributed by atoms with Crippen molar-refractivity contribution in [2.75, 3.05) is 0 Å². The topological polar surface area (TPSA) is 32.0 Å². The van der Waals surface area contributed by atoms with Gasteiger partial charge in [0, 0.05) is 13.5 Å². The summed E-state index contributed by atoms with van der Waals surface area (Å²) in [4.78, 5) is 0. The summed E-state index contributed by atoms with van der Waals surface area (Å²) in [6.07, 6.45) is 5.97. The van der Waals surface area contributed by atoms with Crippen molar-refractivity contribution in [2.45, 2.75) is 66.5 Å². The molecule has 1 unspecified atom stereocenters. The summed E-state index contributed by atoms with van der Waals surface area (Å²) in [5, 5.41) is 4.39. The van der Waals surface area contributed by atoms with E-state index in [0.29, 0.717) is 4.77 Å². The Morgan fingerprint density at radius 2 is 1.92 bits per heavy atom. The maximum Gasteiger partial charge on any atom is 0.200 e. The predicted octanol–water partition coefficient (Wildman–Crippen LogP) is 5.75. The van der Waals surface area contributed by atoms with Crippen LogP contribution in [0.15, 0.2) is 24.5 Å². The fraction of sp³-hybridized carbons (Fsp3) is 0.579. The molecule has 1 atom stereocenters. The van der Waals surface area contributed by atoms with Crippen LogP contribution >= 0.6 is 12.2 Å². The van der Waals surface area contributed by atoms with Gasteiger partial charge in [-0.25, -0.2) is 0 Å². The number of hydrogen-bond acceptors (Lipinski definition) is 3. The summed E-state index contributed by atoms with van der Waals surface area (Å²) in [6.45, 7) is 10.4. The van der Waals surface area contributed by atoms with Crippen LogP contribution in [0.4, 0.5) is 0 Å². The summed E-state index contributed by atoms with van der Waals surface area (Å²) in [5.74, 6) is 0.911. The highest BCUT2D eigenvalue weighted by molar-refractivity contribution is 7.71. The van der Waals surface area contributed by atoms with E-state index in [9.17, 15) is 0 Å². The Morgan fingerprint density at radius 1 is 1.21 bits per heavy atom. The summed E-state index contributed by atoms with van der Waals surface area (Å²) in [7, 11) is 1.91. The highest BCUT2D eigenvalue weighted by atomic mass is 32.1. The number of aromatic nitrogens is 3. The smallest absolute Gasteiger partial charge is 0.200 e. The molecule has 0 saturated carbocycles. The van der Waals surface area contributed by atoms with Crippen molar-refractivity contribution in [1.82, 2.24) is 14.3 Å². The molecule has 0 saturated heterocycles. The highest BCUT2D eigenvalue weighted by Gasteiger charge is 2.17. The molecule has 1 aromatic heterocycles. The van der Waals surface area contributed by atoms with Crippen molar-refractivity contribution in [3.05, 3.63) is 40.4 Å². The lowest BCUT2D eigenvalue weighted by Crippen LogP contribution is -2.18. The summed E-state index contributed by atoms with van der Waals surface area (Å²) in [5.41, 5.74) is 2.40. The van der Waals surface area contributed by atoms with E-state index in [0.717, 1.165) is 18.6 Å². The van der Waals surface area contributed by atoms with E-state index >= 15 is 0 Å². The summed E-state index contributed by atoms with van der Waals surface area (Å²) in [6, 6.07) is 6.14. The van der Waals surface area contributed by atoms with Crippen LogP contribution in [-0.2, 0) is 7.05 Å². The third kappa shape index (κ3) is 5.20. The van der Waals surface area contributed by atoms with Crippen LogP contribution in [0.2, 0.25) is 0 Å². The maximum absolute atomic E-state index is 6.27. The average molecular weight is 350 g/mol. The first-order valence-electron chi connectivity index (χ1n) is 8.87. The Hall–Kier alpha value is -1.62. The molecule has 0 aliphatic rings. The summed E-state index contributed by atoms with van der Waals surface area (Å²) >= 11 is 5.44. The van der Waals surface area contributed by atoms with Crippen LogP contribution in [0.1, 0.15) is 63.8 Å². The first kappa shape index (κ1) is 20.4. The maximum atomic E-state index is 6.27. The molecule has 4 nitrogen and oxygen atoms in total. The van der Waals surface area contributed by atoms with Crippen LogP contribution < -0.4 is 4.74 Å². The second kappa shape index (κ2) is 10.3. The van der Waals surface area contributed by atoms with E-state index in [2.05, 4.69) is 31.9 Å². The van der Waals surface area contributed by atoms with Crippen molar-refractivity contribution in [1.29, 1.82) is 0 Å². The molecule has 0 aliphatic carbocycles. The molecule has 0 N–H and O–H groups in total. The zero-order valence-electron chi connectivity index (χ0n) is 15.9. The number of rotatable bonds is 7. The second-order valence-corrected chi connectivity index (χ2v) is 6.10. The molecule has 134 valence electrons. The van der Waals surface area contributed by atoms with Crippen molar-refractivity contribution >= 4 is 12.2 Å². The van der Waals surface area contributed by atoms with Gasteiger partial charge in [0.2, 0.25) is 4.77 Å². The van der Waals surface area contributed by atoms with Crippen molar-refractivity contribution in [3.63, 3.8) is 0 Å². The molecule has 0 amide bonds. The van der Waals surface area contributed by atoms with Gasteiger partial charge in [0.15, 0.2) is 6.23 Å². The van der Waals surface area contributed by atoms with Crippen molar-refractivity contribution < 1.29 is 4.74 Å². The lowest BCUT2D eigenvalue weighted by molar-refractivity contribution is 0.102. The highest BCUT2D eigenvalue weighted by Crippen LogP contribution is 2.27. The first-order valence-corrected chi connectivity index (χ1v) is 9.28. The zero-order chi connectivity index (χ0) is 18.1. The molecular weight excluding hydrogens is 318 g/mol. The summed E-state index contributed by atoms with van der Waals surface area (Å²) < 4.78 is 10.6. The number of aryl methyl sites for hydroxylation is 2. The normalized spacial score (nSPS) is 11.6. The molecular formula is C19H31N3OS. The van der Waals surface area contributed by atoms with Gasteiger partial charge in [0.1, 0.15) is 12.1 Å². The fourth-order valence-electron chi connectivity index (χ4n) is 2.39. The van der Waals surface area contributed by atoms with Gasteiger partial charge in [-0.15, -0.1) is 0 Å². The molecule has 24 heavy (non-hydrogen) atoms. The Morgan fingerprint density at radius 3 is 2.50 bits per heavy atom. The molecule has 0 spiro atoms. The molecule has 5 heteroatoms. The van der Waals surface area contributed by atoms with E-state index in [1.54, 1.807) is 6.33 Å². The molecule has 2 aromatic rings. The van der Waals surface area contributed by atoms with Crippen molar-refractivity contribution in [2.24, 2.45) is 7.05 Å². The lowest BCUT2D eigenvalue weighted by atomic mass is 10.1. The van der Waals surface area contributed by atoms with E-state index in [1.165, 1.54) is 24.0 Å². The van der Waals surface area contributed by atoms with E-state index < -0.39 is 0 Å². The monoisotopic (exact) mass is 349 g/mol. The molecule has 1 aromatic carbocycles. The molecule has 0 fully saturated rings. The third-order valence-corrected chi connectivity index (χ3v) is 4.47. The molecule has 0 radical (unpaired) electrons. The van der Waals surface area contributed by atoms with Gasteiger partial charge < -0.3 is 9.30 Å². The van der Waals surface area contributed by atoms with E-state index in [4.69, 9.17) is 17.0 Å². The fourth-order valence-corrected chi connectivity index (χ4v) is 2.60. The van der Waals surface area contributed by atoms with Crippen molar-refractivity contribution in [3.8, 4) is 5.75 Å². The minimum atomic E-state index is -0.152. The van der Waals surface area contributed by atoms with Crippen LogP contribution in [0.5, 0.6) is 5.75 Å². The van der Waals surface area contributed by atoms with Gasteiger partial charge in [-0.3, -0.25) is 0 Å². The largest absolute Gasteiger partial charge is 0.468 e. The number of nitrogens with zero attached hydrogens (tertiary/aromatic N) is 3. The number of ether oxygens (including phenoxy) is 1. The number of benzene rings is 1. The SMILES string of the molecule is CC.CCCCCC(Oc1cccc(C)c1C)n1ncn(C)c1=S. The molecule has 0 bridgehead atoms. The van der Waals surface area contributed by atoms with Crippen LogP contribution in [0, 0.1) is 18.6 Å². The quantitative estimate of drug-likeness (QED) is 0.471. The van der Waals surface area contributed by atoms with Gasteiger partial charge in [0.25, 0.3) is 0 Å². The Bertz CT molecular complexity index is 675. The van der Waals surface area contributed by atoms with E-state index in [1.807, 2.05) is 42.3 Å². The number of hydrogen-bond donors (Lipinski definition) is 0. The standard InChI is InChI=1S/C17H25N3OS.C2H6/c1-5-6-7-11-16(20-17(22)19(4)12-18-20)21-15-10-8-9-13(2)14(15)3;1-2/h8-10,12,16H,5-7,11H2,1-4H3;1-2H3. The van der Waals surface area contributed by atoms with Crippen LogP contribution in [-0.4, -0.2) is 14.3 Å². The zero-order valence-corrected chi connectivity index (χ0v) is 16.7. The Balaban J connectivity index is 0.00000139. The predicted molar refractivity (Wildman–Crippen MR) is 103 cm³/mol. The van der Waals surface area contributed by atoms with Gasteiger partial charge >= 0.3 is 0 Å². The second-order valence-electron chi connectivity index (χ2n) is 5.74. The van der Waals surface area contributed by atoms with Gasteiger partial charge in [-0.05, 0) is 49.7 Å². The molecule has 1 heterocycles. The third-order valence-electron chi connectivity index (χ3n) is 3.99. The average Bonchev–Trinajstić information content (AvgIpc) is 2.92. The van der Waals surface area contributed by atoms with Crippen LogP contribution in [0.25, 0.3) is 0 Å². The first-order chi connectivity index (χ1) is 11.5. The Labute approximate surface area is 151 Å². The van der Waals surface area contributed by atoms with Gasteiger partial charge in [-0.1, -0.05) is 45.7 Å². The van der Waals surface area contributed by atoms with Crippen LogP contribution in [0.3, 0.4) is 0 Å². The molecule has 0 aliphatic heterocycles. The minimum Gasteiger partial charge on any atom is -0.468 e. The Kier molecular flexibility index (Phi) is 8.76. The minimum absolute atomic E-state index is 0.152. The van der Waals surface area contributed by atoms with Gasteiger partial charge in [-0.2, -0.15) is 9.78 Å². The number of unbranched alkanes of at least 4 members (excludes halogenated alkanes) is 2. The van der Waals surface area contributed by atoms with Gasteiger partial charge in [0.05, 0.1) is 0 Å². The lowest BCUT2D eigenvalue weighted by Gasteiger charge is -2.21.